The third-order valence-corrected chi connectivity index (χ3v) is 2.94. The number of thiophene rings is 1. The first kappa shape index (κ1) is 11.2. The van der Waals surface area contributed by atoms with Gasteiger partial charge in [-0.2, -0.15) is 0 Å². The monoisotopic (exact) mass is 212 g/mol. The zero-order valence-electron chi connectivity index (χ0n) is 8.54. The van der Waals surface area contributed by atoms with Crippen molar-refractivity contribution >= 4 is 17.2 Å². The minimum absolute atomic E-state index is 0.0488. The van der Waals surface area contributed by atoms with Crippen LogP contribution in [0, 0.1) is 0 Å². The third kappa shape index (κ3) is 3.47. The fourth-order valence-corrected chi connectivity index (χ4v) is 1.87. The predicted octanol–water partition coefficient (Wildman–Crippen LogP) is 1.53. The summed E-state index contributed by atoms with van der Waals surface area (Å²) in [6, 6.07) is 4.14. The van der Waals surface area contributed by atoms with Gasteiger partial charge in [0.15, 0.2) is 0 Å². The molecule has 0 bridgehead atoms. The highest BCUT2D eigenvalue weighted by Crippen LogP contribution is 2.17. The fraction of sp³-hybridized carbons (Fsp3) is 0.500. The van der Waals surface area contributed by atoms with Crippen LogP contribution in [0.1, 0.15) is 24.8 Å². The van der Waals surface area contributed by atoms with Crippen LogP contribution in [0.5, 0.6) is 0 Å². The van der Waals surface area contributed by atoms with E-state index in [4.69, 9.17) is 0 Å². The van der Waals surface area contributed by atoms with Crippen molar-refractivity contribution in [1.82, 2.24) is 10.6 Å². The summed E-state index contributed by atoms with van der Waals surface area (Å²) in [5.41, 5.74) is 0. The molecule has 4 heteroatoms. The van der Waals surface area contributed by atoms with Gasteiger partial charge in [-0.15, -0.1) is 11.3 Å². The van der Waals surface area contributed by atoms with Crippen molar-refractivity contribution in [3.05, 3.63) is 22.4 Å². The minimum Gasteiger partial charge on any atom is -0.348 e. The SMILES string of the molecule is CCNCC(=O)N[C@@H](C)c1cccs1. The molecule has 0 fully saturated rings. The van der Waals surface area contributed by atoms with Crippen molar-refractivity contribution in [2.24, 2.45) is 0 Å². The standard InChI is InChI=1S/C10H16N2OS/c1-3-11-7-10(13)12-8(2)9-5-4-6-14-9/h4-6,8,11H,3,7H2,1-2H3,(H,12,13)/t8-/m0/s1. The van der Waals surface area contributed by atoms with Gasteiger partial charge in [-0.3, -0.25) is 4.79 Å². The number of hydrogen-bond acceptors (Lipinski definition) is 3. The molecule has 1 amide bonds. The molecule has 0 saturated carbocycles. The topological polar surface area (TPSA) is 41.1 Å². The van der Waals surface area contributed by atoms with Crippen LogP contribution in [0.3, 0.4) is 0 Å². The molecule has 0 aliphatic rings. The van der Waals surface area contributed by atoms with Crippen molar-refractivity contribution in [3.8, 4) is 0 Å². The Hall–Kier alpha value is -0.870. The summed E-state index contributed by atoms with van der Waals surface area (Å²) in [4.78, 5) is 12.5. The second-order valence-electron chi connectivity index (χ2n) is 3.08. The van der Waals surface area contributed by atoms with Crippen LogP contribution in [-0.2, 0) is 4.79 Å². The van der Waals surface area contributed by atoms with Gasteiger partial charge in [0.25, 0.3) is 0 Å². The van der Waals surface area contributed by atoms with E-state index in [1.54, 1.807) is 11.3 Å². The van der Waals surface area contributed by atoms with Gasteiger partial charge in [-0.1, -0.05) is 13.0 Å². The number of carbonyl (C=O) groups is 1. The van der Waals surface area contributed by atoms with E-state index in [1.807, 2.05) is 31.4 Å². The van der Waals surface area contributed by atoms with Gasteiger partial charge >= 0.3 is 0 Å². The molecule has 0 aliphatic heterocycles. The van der Waals surface area contributed by atoms with E-state index in [0.717, 1.165) is 6.54 Å². The zero-order valence-corrected chi connectivity index (χ0v) is 9.36. The molecule has 0 spiro atoms. The Morgan fingerprint density at radius 1 is 1.64 bits per heavy atom. The quantitative estimate of drug-likeness (QED) is 0.777. The van der Waals surface area contributed by atoms with Crippen LogP contribution in [0.4, 0.5) is 0 Å². The highest BCUT2D eigenvalue weighted by molar-refractivity contribution is 7.10. The predicted molar refractivity (Wildman–Crippen MR) is 59.4 cm³/mol. The molecule has 0 saturated heterocycles. The Morgan fingerprint density at radius 2 is 2.43 bits per heavy atom. The van der Waals surface area contributed by atoms with E-state index in [1.165, 1.54) is 4.88 Å². The van der Waals surface area contributed by atoms with Crippen LogP contribution in [0.2, 0.25) is 0 Å². The number of amides is 1. The van der Waals surface area contributed by atoms with E-state index < -0.39 is 0 Å². The molecule has 0 unspecified atom stereocenters. The zero-order chi connectivity index (χ0) is 10.4. The van der Waals surface area contributed by atoms with Crippen molar-refractivity contribution in [2.75, 3.05) is 13.1 Å². The number of hydrogen-bond donors (Lipinski definition) is 2. The second-order valence-corrected chi connectivity index (χ2v) is 4.06. The summed E-state index contributed by atoms with van der Waals surface area (Å²) < 4.78 is 0. The van der Waals surface area contributed by atoms with E-state index in [0.29, 0.717) is 6.54 Å². The number of rotatable bonds is 5. The Labute approximate surface area is 88.5 Å². The van der Waals surface area contributed by atoms with Gasteiger partial charge in [-0.25, -0.2) is 0 Å². The summed E-state index contributed by atoms with van der Waals surface area (Å²) in [5, 5.41) is 7.93. The molecule has 2 N–H and O–H groups in total. The maximum atomic E-state index is 11.3. The summed E-state index contributed by atoms with van der Waals surface area (Å²) in [6.07, 6.45) is 0. The van der Waals surface area contributed by atoms with Gasteiger partial charge in [-0.05, 0) is 24.9 Å². The van der Waals surface area contributed by atoms with Crippen LogP contribution in [0.25, 0.3) is 0 Å². The molecular formula is C10H16N2OS. The Balaban J connectivity index is 2.33. The lowest BCUT2D eigenvalue weighted by Crippen LogP contribution is -2.35. The Morgan fingerprint density at radius 3 is 3.00 bits per heavy atom. The van der Waals surface area contributed by atoms with Gasteiger partial charge < -0.3 is 10.6 Å². The normalized spacial score (nSPS) is 12.4. The average Bonchev–Trinajstić information content (AvgIpc) is 2.67. The molecule has 1 aromatic rings. The number of likely N-dealkylation sites (N-methyl/N-ethyl adjacent to an activating group) is 1. The maximum Gasteiger partial charge on any atom is 0.234 e. The largest absolute Gasteiger partial charge is 0.348 e. The molecule has 1 heterocycles. The lowest BCUT2D eigenvalue weighted by atomic mass is 10.3. The maximum absolute atomic E-state index is 11.3. The van der Waals surface area contributed by atoms with Gasteiger partial charge in [0.1, 0.15) is 0 Å². The number of nitrogens with one attached hydrogen (secondary N) is 2. The summed E-state index contributed by atoms with van der Waals surface area (Å²) in [5.74, 6) is 0.0488. The molecule has 78 valence electrons. The van der Waals surface area contributed by atoms with Crippen molar-refractivity contribution < 1.29 is 4.79 Å². The van der Waals surface area contributed by atoms with Crippen LogP contribution < -0.4 is 10.6 Å². The fourth-order valence-electron chi connectivity index (χ4n) is 1.14. The molecule has 0 aliphatic carbocycles. The van der Waals surface area contributed by atoms with Crippen molar-refractivity contribution in [2.45, 2.75) is 19.9 Å². The molecule has 0 radical (unpaired) electrons. The first-order chi connectivity index (χ1) is 6.74. The van der Waals surface area contributed by atoms with E-state index in [-0.39, 0.29) is 11.9 Å². The first-order valence-corrected chi connectivity index (χ1v) is 5.65. The summed E-state index contributed by atoms with van der Waals surface area (Å²) >= 11 is 1.66. The minimum atomic E-state index is 0.0488. The number of carbonyl (C=O) groups excluding carboxylic acids is 1. The van der Waals surface area contributed by atoms with Gasteiger partial charge in [0.05, 0.1) is 12.6 Å². The summed E-state index contributed by atoms with van der Waals surface area (Å²) in [7, 11) is 0. The van der Waals surface area contributed by atoms with Gasteiger partial charge in [0.2, 0.25) is 5.91 Å². The molecule has 1 atom stereocenters. The van der Waals surface area contributed by atoms with Crippen LogP contribution in [0.15, 0.2) is 17.5 Å². The van der Waals surface area contributed by atoms with Crippen molar-refractivity contribution in [3.63, 3.8) is 0 Å². The molecule has 1 aromatic heterocycles. The van der Waals surface area contributed by atoms with Crippen LogP contribution >= 0.6 is 11.3 Å². The van der Waals surface area contributed by atoms with E-state index >= 15 is 0 Å². The van der Waals surface area contributed by atoms with E-state index in [9.17, 15) is 4.79 Å². The lowest BCUT2D eigenvalue weighted by Gasteiger charge is -2.11. The second kappa shape index (κ2) is 5.78. The summed E-state index contributed by atoms with van der Waals surface area (Å²) in [6.45, 7) is 5.19. The van der Waals surface area contributed by atoms with Crippen molar-refractivity contribution in [1.29, 1.82) is 0 Å². The third-order valence-electron chi connectivity index (χ3n) is 1.88. The molecule has 1 rings (SSSR count). The molecule has 14 heavy (non-hydrogen) atoms. The highest BCUT2D eigenvalue weighted by atomic mass is 32.1. The smallest absolute Gasteiger partial charge is 0.234 e. The Kier molecular flexibility index (Phi) is 4.62. The molecule has 0 aromatic carbocycles. The Bertz CT molecular complexity index is 272. The highest BCUT2D eigenvalue weighted by Gasteiger charge is 2.08. The molecule has 3 nitrogen and oxygen atoms in total. The lowest BCUT2D eigenvalue weighted by molar-refractivity contribution is -0.120. The van der Waals surface area contributed by atoms with Gasteiger partial charge in [0, 0.05) is 4.88 Å². The van der Waals surface area contributed by atoms with E-state index in [2.05, 4.69) is 10.6 Å². The van der Waals surface area contributed by atoms with Crippen LogP contribution in [-0.4, -0.2) is 19.0 Å². The first-order valence-electron chi connectivity index (χ1n) is 4.77. The molecular weight excluding hydrogens is 196 g/mol. The average molecular weight is 212 g/mol.